The quantitative estimate of drug-likeness (QED) is 0.194. The average Bonchev–Trinajstić information content (AvgIpc) is 4.00. The van der Waals surface area contributed by atoms with Gasteiger partial charge in [0.1, 0.15) is 0 Å². The fourth-order valence-corrected chi connectivity index (χ4v) is 10.3. The zero-order valence-electron chi connectivity index (χ0n) is 31.7. The van der Waals surface area contributed by atoms with Crippen LogP contribution in [0.25, 0.3) is 22.5 Å². The van der Waals surface area contributed by atoms with Crippen LogP contribution >= 0.6 is 0 Å². The highest BCUT2D eigenvalue weighted by atomic mass is 16.3. The van der Waals surface area contributed by atoms with Gasteiger partial charge in [0.2, 0.25) is 0 Å². The molecule has 2 N–H and O–H groups in total. The Morgan fingerprint density at radius 2 is 1.25 bits per heavy atom. The van der Waals surface area contributed by atoms with Crippen LogP contribution in [0.5, 0.6) is 0 Å². The Bertz CT molecular complexity index is 2550. The first kappa shape index (κ1) is 34.6. The molecule has 0 saturated carbocycles. The maximum atomic E-state index is 14.1. The first-order valence-electron chi connectivity index (χ1n) is 19.5. The maximum Gasteiger partial charge on any atom is 0.253 e. The number of aliphatic hydroxyl groups excluding tert-OH is 2. The molecule has 6 aromatic rings. The van der Waals surface area contributed by atoms with Crippen LogP contribution in [0.4, 0.5) is 0 Å². The second-order valence-corrected chi connectivity index (χ2v) is 16.2. The molecule has 0 radical (unpaired) electrons. The molecule has 0 bridgehead atoms. The van der Waals surface area contributed by atoms with Gasteiger partial charge in [-0.05, 0) is 88.9 Å². The monoisotopic (exact) mass is 744 g/mol. The molecule has 2 aliphatic heterocycles. The molecule has 10 rings (SSSR count). The molecule has 2 aromatic heterocycles. The maximum absolute atomic E-state index is 14.1. The van der Waals surface area contributed by atoms with Crippen LogP contribution in [-0.4, -0.2) is 72.1 Å². The zero-order chi connectivity index (χ0) is 38.4. The van der Waals surface area contributed by atoms with Gasteiger partial charge < -0.3 is 29.1 Å². The Morgan fingerprint density at radius 3 is 1.91 bits per heavy atom. The number of benzene rings is 4. The fraction of sp³-hybridized carbons (Fsp3) is 0.304. The van der Waals surface area contributed by atoms with Gasteiger partial charge in [-0.3, -0.25) is 9.59 Å². The minimum Gasteiger partial charge on any atom is -0.388 e. The SMILES string of the molecule is CN(C)C(=O)c1ccc2c(c1)CC[C@H]([C@@H]1c3cccc(CN(C)C(=O)c4ccc5c(c4)CC[C@@H]([C@@H]4c6ccccc6-c6cncn64)[C@H]5O)c3-c3cncn31)[C@H]2O. The van der Waals surface area contributed by atoms with E-state index >= 15 is 0 Å². The van der Waals surface area contributed by atoms with Crippen LogP contribution in [-0.2, 0) is 19.4 Å². The lowest BCUT2D eigenvalue weighted by Crippen LogP contribution is -2.30. The molecule has 4 aromatic carbocycles. The van der Waals surface area contributed by atoms with Crippen LogP contribution in [0, 0.1) is 11.8 Å². The van der Waals surface area contributed by atoms with Gasteiger partial charge in [-0.25, -0.2) is 9.97 Å². The molecule has 6 atom stereocenters. The largest absolute Gasteiger partial charge is 0.388 e. The van der Waals surface area contributed by atoms with E-state index in [4.69, 9.17) is 0 Å². The van der Waals surface area contributed by atoms with Crippen LogP contribution < -0.4 is 0 Å². The first-order chi connectivity index (χ1) is 27.2. The van der Waals surface area contributed by atoms with Crippen molar-refractivity contribution in [3.8, 4) is 22.5 Å². The third kappa shape index (κ3) is 5.23. The number of imidazole rings is 2. The Labute approximate surface area is 325 Å². The van der Waals surface area contributed by atoms with E-state index < -0.39 is 12.2 Å². The number of hydrogen-bond donors (Lipinski definition) is 2. The molecule has 10 heteroatoms. The van der Waals surface area contributed by atoms with Gasteiger partial charge >= 0.3 is 0 Å². The summed E-state index contributed by atoms with van der Waals surface area (Å²) < 4.78 is 4.38. The molecular formula is C46H44N6O4. The number of aliphatic hydroxyl groups is 2. The summed E-state index contributed by atoms with van der Waals surface area (Å²) in [6.07, 6.45) is 9.21. The molecule has 10 nitrogen and oxygen atoms in total. The minimum absolute atomic E-state index is 0.00760. The van der Waals surface area contributed by atoms with E-state index in [1.807, 2.05) is 80.6 Å². The molecule has 56 heavy (non-hydrogen) atoms. The summed E-state index contributed by atoms with van der Waals surface area (Å²) in [5, 5.41) is 23.7. The van der Waals surface area contributed by atoms with Gasteiger partial charge in [-0.2, -0.15) is 0 Å². The Kier molecular flexibility index (Phi) is 8.13. The van der Waals surface area contributed by atoms with Crippen molar-refractivity contribution in [2.45, 2.75) is 56.5 Å². The van der Waals surface area contributed by atoms with E-state index in [9.17, 15) is 19.8 Å². The minimum atomic E-state index is -0.712. The highest BCUT2D eigenvalue weighted by Crippen LogP contribution is 2.52. The molecule has 0 fully saturated rings. The van der Waals surface area contributed by atoms with Crippen molar-refractivity contribution < 1.29 is 19.8 Å². The van der Waals surface area contributed by atoms with Crippen LogP contribution in [0.15, 0.2) is 104 Å². The Balaban J connectivity index is 0.888. The van der Waals surface area contributed by atoms with Crippen molar-refractivity contribution >= 4 is 11.8 Å². The lowest BCUT2D eigenvalue weighted by molar-refractivity contribution is 0.0714. The number of rotatable bonds is 6. The van der Waals surface area contributed by atoms with Crippen molar-refractivity contribution in [1.82, 2.24) is 28.9 Å². The molecule has 282 valence electrons. The molecule has 4 aliphatic rings. The van der Waals surface area contributed by atoms with Crippen molar-refractivity contribution in [2.75, 3.05) is 21.1 Å². The molecule has 2 aliphatic carbocycles. The topological polar surface area (TPSA) is 117 Å². The summed E-state index contributed by atoms with van der Waals surface area (Å²) in [5.41, 5.74) is 12.7. The fourth-order valence-electron chi connectivity index (χ4n) is 10.3. The predicted molar refractivity (Wildman–Crippen MR) is 212 cm³/mol. The van der Waals surface area contributed by atoms with Crippen LogP contribution in [0.2, 0.25) is 0 Å². The number of nitrogens with zero attached hydrogens (tertiary/aromatic N) is 6. The summed E-state index contributed by atoms with van der Waals surface area (Å²) >= 11 is 0. The lowest BCUT2D eigenvalue weighted by Gasteiger charge is -2.35. The summed E-state index contributed by atoms with van der Waals surface area (Å²) in [6.45, 7) is 0.398. The van der Waals surface area contributed by atoms with E-state index in [2.05, 4.69) is 49.4 Å². The van der Waals surface area contributed by atoms with Gasteiger partial charge in [-0.15, -0.1) is 0 Å². The number of carbonyl (C=O) groups is 2. The Hall–Kier alpha value is -5.84. The molecule has 2 amide bonds. The molecule has 0 spiro atoms. The van der Waals surface area contributed by atoms with Gasteiger partial charge in [0.05, 0.1) is 60.7 Å². The number of carbonyl (C=O) groups excluding carboxylic acids is 2. The normalized spacial score (nSPS) is 22.7. The lowest BCUT2D eigenvalue weighted by atomic mass is 9.75. The number of fused-ring (bicyclic) bond motifs is 8. The predicted octanol–water partition coefficient (Wildman–Crippen LogP) is 6.79. The number of aromatic nitrogens is 4. The molecule has 4 heterocycles. The number of amides is 2. The van der Waals surface area contributed by atoms with Crippen LogP contribution in [0.1, 0.15) is 96.8 Å². The van der Waals surface area contributed by atoms with E-state index in [0.29, 0.717) is 17.7 Å². The zero-order valence-corrected chi connectivity index (χ0v) is 31.7. The van der Waals surface area contributed by atoms with Gasteiger partial charge in [-0.1, -0.05) is 54.6 Å². The summed E-state index contributed by atoms with van der Waals surface area (Å²) in [7, 11) is 5.33. The third-order valence-electron chi connectivity index (χ3n) is 12.9. The Morgan fingerprint density at radius 1 is 0.679 bits per heavy atom. The summed E-state index contributed by atoms with van der Waals surface area (Å²) in [5.74, 6) is -0.244. The molecule has 0 unspecified atom stereocenters. The highest BCUT2D eigenvalue weighted by Gasteiger charge is 2.43. The summed E-state index contributed by atoms with van der Waals surface area (Å²) in [6, 6.07) is 26.0. The van der Waals surface area contributed by atoms with Crippen molar-refractivity contribution in [3.05, 3.63) is 154 Å². The summed E-state index contributed by atoms with van der Waals surface area (Å²) in [4.78, 5) is 39.0. The second kappa shape index (κ2) is 13.1. The van der Waals surface area contributed by atoms with Crippen molar-refractivity contribution in [3.63, 3.8) is 0 Å². The first-order valence-corrected chi connectivity index (χ1v) is 19.5. The number of aryl methyl sites for hydroxylation is 2. The smallest absolute Gasteiger partial charge is 0.253 e. The number of hydrogen-bond acceptors (Lipinski definition) is 6. The van der Waals surface area contributed by atoms with Crippen LogP contribution in [0.3, 0.4) is 0 Å². The van der Waals surface area contributed by atoms with E-state index in [-0.39, 0.29) is 35.7 Å². The van der Waals surface area contributed by atoms with E-state index in [1.165, 1.54) is 11.1 Å². The standard InChI is InChI=1S/C46H44N6O4/c1-49(2)45(55)28-13-15-31-26(19-28)12-18-37(44(31)54)42-35-10-6-7-30(40(35)39-22-48-25-52(39)42)23-50(3)46(56)29-14-16-32-27(20-29)11-17-36(43(32)53)41-34-9-5-4-8-33(34)38-21-47-24-51(38)41/h4-10,13-16,19-22,24-25,36-37,41-44,53-54H,11-12,17-18,23H2,1-3H3/t36-,37+,41-,42-,43-,44-/m0/s1. The molecule has 0 saturated heterocycles. The van der Waals surface area contributed by atoms with E-state index in [1.54, 1.807) is 23.9 Å². The second-order valence-electron chi connectivity index (χ2n) is 16.2. The van der Waals surface area contributed by atoms with Crippen molar-refractivity contribution in [1.29, 1.82) is 0 Å². The third-order valence-corrected chi connectivity index (χ3v) is 12.9. The van der Waals surface area contributed by atoms with Gasteiger partial charge in [0.25, 0.3) is 11.8 Å². The molecular weight excluding hydrogens is 701 g/mol. The van der Waals surface area contributed by atoms with E-state index in [0.717, 1.165) is 76.0 Å². The van der Waals surface area contributed by atoms with Crippen molar-refractivity contribution in [2.24, 2.45) is 11.8 Å². The van der Waals surface area contributed by atoms with Gasteiger partial charge in [0.15, 0.2) is 0 Å². The average molecular weight is 745 g/mol. The van der Waals surface area contributed by atoms with Gasteiger partial charge in [0, 0.05) is 61.8 Å². The highest BCUT2D eigenvalue weighted by molar-refractivity contribution is 5.95.